The minimum Gasteiger partial charge on any atom is -0.211 e. The molecule has 0 aromatic heterocycles. The van der Waals surface area contributed by atoms with Crippen LogP contribution in [0.2, 0.25) is 0 Å². The van der Waals surface area contributed by atoms with E-state index in [1.807, 2.05) is 0 Å². The molecule has 1 aliphatic rings. The van der Waals surface area contributed by atoms with Crippen LogP contribution in [0.3, 0.4) is 0 Å². The second-order valence-corrected chi connectivity index (χ2v) is 6.68. The Hall–Kier alpha value is -0.250. The molecule has 6 heteroatoms. The topological polar surface area (TPSA) is 70.0 Å². The molecule has 80 valence electrons. The first kappa shape index (κ1) is 11.8. The highest BCUT2D eigenvalue weighted by atomic mass is 32.2. The van der Waals surface area contributed by atoms with Crippen LogP contribution in [0.5, 0.6) is 0 Å². The maximum Gasteiger partial charge on any atom is 0.225 e. The molecule has 0 aliphatic carbocycles. The molecule has 0 bridgehead atoms. The number of nitrogens with zero attached hydrogens (tertiary/aromatic N) is 1. The monoisotopic (exact) mass is 234 g/mol. The van der Waals surface area contributed by atoms with Gasteiger partial charge in [0.15, 0.2) is 5.75 Å². The highest BCUT2D eigenvalue weighted by molar-refractivity contribution is 8.00. The number of thioether (sulfide) groups is 1. The molecular formula is C8H14N2O2S2. The van der Waals surface area contributed by atoms with Crippen molar-refractivity contribution in [2.45, 2.75) is 31.1 Å². The lowest BCUT2D eigenvalue weighted by Gasteiger charge is -2.25. The van der Waals surface area contributed by atoms with Crippen molar-refractivity contribution >= 4 is 21.8 Å². The van der Waals surface area contributed by atoms with Crippen molar-refractivity contribution in [3.63, 3.8) is 0 Å². The van der Waals surface area contributed by atoms with Crippen molar-refractivity contribution in [2.24, 2.45) is 0 Å². The standard InChI is InChI=1S/C8H14N2O2S2/c1-7-2-3-8(6-13-7)10-14(11,12)5-4-9/h7-8,10H,2-3,5-6H2,1H3. The highest BCUT2D eigenvalue weighted by Crippen LogP contribution is 2.24. The zero-order valence-electron chi connectivity index (χ0n) is 8.06. The Balaban J connectivity index is 2.42. The molecule has 2 atom stereocenters. The van der Waals surface area contributed by atoms with Gasteiger partial charge in [0, 0.05) is 17.0 Å². The van der Waals surface area contributed by atoms with E-state index in [1.54, 1.807) is 17.8 Å². The SMILES string of the molecule is CC1CCC(NS(=O)(=O)CC#N)CS1. The lowest BCUT2D eigenvalue weighted by molar-refractivity contribution is 0.533. The fraction of sp³-hybridized carbons (Fsp3) is 0.875. The Morgan fingerprint density at radius 3 is 2.79 bits per heavy atom. The second-order valence-electron chi connectivity index (χ2n) is 3.45. The van der Waals surface area contributed by atoms with Crippen molar-refractivity contribution in [1.29, 1.82) is 5.26 Å². The van der Waals surface area contributed by atoms with Gasteiger partial charge >= 0.3 is 0 Å². The molecule has 14 heavy (non-hydrogen) atoms. The van der Waals surface area contributed by atoms with Crippen molar-refractivity contribution in [3.8, 4) is 6.07 Å². The van der Waals surface area contributed by atoms with Crippen molar-refractivity contribution in [2.75, 3.05) is 11.5 Å². The highest BCUT2D eigenvalue weighted by Gasteiger charge is 2.22. The summed E-state index contributed by atoms with van der Waals surface area (Å²) in [6, 6.07) is 1.66. The van der Waals surface area contributed by atoms with Gasteiger partial charge in [-0.25, -0.2) is 13.1 Å². The van der Waals surface area contributed by atoms with Gasteiger partial charge < -0.3 is 0 Å². The fourth-order valence-corrected chi connectivity index (χ4v) is 3.54. The van der Waals surface area contributed by atoms with E-state index < -0.39 is 15.8 Å². The van der Waals surface area contributed by atoms with E-state index in [2.05, 4.69) is 11.6 Å². The summed E-state index contributed by atoms with van der Waals surface area (Å²) in [5.74, 6) is 0.371. The molecular weight excluding hydrogens is 220 g/mol. The molecule has 1 aliphatic heterocycles. The summed E-state index contributed by atoms with van der Waals surface area (Å²) >= 11 is 1.78. The molecule has 0 saturated carbocycles. The van der Waals surface area contributed by atoms with Gasteiger partial charge in [-0.3, -0.25) is 0 Å². The molecule has 0 aromatic rings. The smallest absolute Gasteiger partial charge is 0.211 e. The Labute approximate surface area is 89.1 Å². The Bertz CT molecular complexity index is 313. The van der Waals surface area contributed by atoms with E-state index in [-0.39, 0.29) is 6.04 Å². The maximum absolute atomic E-state index is 11.2. The summed E-state index contributed by atoms with van der Waals surface area (Å²) in [6.07, 6.45) is 1.91. The molecule has 1 saturated heterocycles. The maximum atomic E-state index is 11.2. The lowest BCUT2D eigenvalue weighted by Crippen LogP contribution is -2.40. The van der Waals surface area contributed by atoms with E-state index in [1.165, 1.54) is 0 Å². The van der Waals surface area contributed by atoms with Crippen LogP contribution in [0.25, 0.3) is 0 Å². The van der Waals surface area contributed by atoms with Gasteiger partial charge in [-0.1, -0.05) is 6.92 Å². The van der Waals surface area contributed by atoms with E-state index in [0.29, 0.717) is 5.25 Å². The second kappa shape index (κ2) is 5.01. The first-order chi connectivity index (χ1) is 6.53. The Morgan fingerprint density at radius 1 is 1.57 bits per heavy atom. The number of nitrogens with one attached hydrogen (secondary N) is 1. The predicted octanol–water partition coefficient (Wildman–Crippen LogP) is 0.713. The summed E-state index contributed by atoms with van der Waals surface area (Å²) < 4.78 is 25.0. The van der Waals surface area contributed by atoms with E-state index in [0.717, 1.165) is 18.6 Å². The van der Waals surface area contributed by atoms with E-state index in [4.69, 9.17) is 5.26 Å². The number of sulfonamides is 1. The van der Waals surface area contributed by atoms with Gasteiger partial charge in [0.1, 0.15) is 0 Å². The number of hydrogen-bond donors (Lipinski definition) is 1. The van der Waals surface area contributed by atoms with Gasteiger partial charge in [0.2, 0.25) is 10.0 Å². The normalized spacial score (nSPS) is 28.3. The minimum absolute atomic E-state index is 0.00884. The van der Waals surface area contributed by atoms with Gasteiger partial charge in [-0.2, -0.15) is 17.0 Å². The molecule has 0 amide bonds. The van der Waals surface area contributed by atoms with Crippen LogP contribution in [0.4, 0.5) is 0 Å². The molecule has 0 spiro atoms. The molecule has 2 unspecified atom stereocenters. The lowest BCUT2D eigenvalue weighted by atomic mass is 10.1. The predicted molar refractivity (Wildman–Crippen MR) is 57.5 cm³/mol. The van der Waals surface area contributed by atoms with Crippen LogP contribution in [0, 0.1) is 11.3 Å². The van der Waals surface area contributed by atoms with E-state index >= 15 is 0 Å². The summed E-state index contributed by atoms with van der Waals surface area (Å²) in [7, 11) is -3.37. The number of nitriles is 1. The molecule has 1 heterocycles. The van der Waals surface area contributed by atoms with Gasteiger partial charge in [-0.15, -0.1) is 0 Å². The third kappa shape index (κ3) is 3.86. The minimum atomic E-state index is -3.37. The Kier molecular flexibility index (Phi) is 4.23. The third-order valence-electron chi connectivity index (χ3n) is 2.10. The average molecular weight is 234 g/mol. The van der Waals surface area contributed by atoms with Crippen LogP contribution >= 0.6 is 11.8 Å². The molecule has 0 radical (unpaired) electrons. The quantitative estimate of drug-likeness (QED) is 0.781. The molecule has 1 fully saturated rings. The van der Waals surface area contributed by atoms with Gasteiger partial charge in [-0.05, 0) is 12.8 Å². The molecule has 1 rings (SSSR count). The van der Waals surface area contributed by atoms with E-state index in [9.17, 15) is 8.42 Å². The summed E-state index contributed by atoms with van der Waals surface area (Å²) in [5.41, 5.74) is 0. The van der Waals surface area contributed by atoms with Crippen molar-refractivity contribution in [3.05, 3.63) is 0 Å². The average Bonchev–Trinajstić information content (AvgIpc) is 2.08. The molecule has 4 nitrogen and oxygen atoms in total. The molecule has 0 aromatic carbocycles. The first-order valence-corrected chi connectivity index (χ1v) is 7.22. The third-order valence-corrected chi connectivity index (χ3v) is 4.71. The summed E-state index contributed by atoms with van der Waals surface area (Å²) in [5, 5.41) is 8.92. The zero-order valence-corrected chi connectivity index (χ0v) is 9.70. The Morgan fingerprint density at radius 2 is 2.29 bits per heavy atom. The van der Waals surface area contributed by atoms with Crippen LogP contribution in [0.15, 0.2) is 0 Å². The summed E-state index contributed by atoms with van der Waals surface area (Å²) in [4.78, 5) is 0. The fourth-order valence-electron chi connectivity index (χ4n) is 1.36. The van der Waals surface area contributed by atoms with Crippen LogP contribution in [0.1, 0.15) is 19.8 Å². The van der Waals surface area contributed by atoms with Crippen molar-refractivity contribution < 1.29 is 8.42 Å². The van der Waals surface area contributed by atoms with Crippen molar-refractivity contribution in [1.82, 2.24) is 4.72 Å². The first-order valence-electron chi connectivity index (χ1n) is 4.52. The number of hydrogen-bond acceptors (Lipinski definition) is 4. The van der Waals surface area contributed by atoms with Gasteiger partial charge in [0.25, 0.3) is 0 Å². The largest absolute Gasteiger partial charge is 0.225 e. The van der Waals surface area contributed by atoms with Crippen LogP contribution in [-0.4, -0.2) is 31.2 Å². The zero-order chi connectivity index (χ0) is 10.6. The molecule has 1 N–H and O–H groups in total. The van der Waals surface area contributed by atoms with Gasteiger partial charge in [0.05, 0.1) is 6.07 Å². The van der Waals surface area contributed by atoms with Crippen LogP contribution < -0.4 is 4.72 Å². The summed E-state index contributed by atoms with van der Waals surface area (Å²) in [6.45, 7) is 2.14. The van der Waals surface area contributed by atoms with Crippen LogP contribution in [-0.2, 0) is 10.0 Å². The number of rotatable bonds is 3.